The van der Waals surface area contributed by atoms with Crippen LogP contribution < -0.4 is 0 Å². The highest BCUT2D eigenvalue weighted by Gasteiger charge is 2.06. The Labute approximate surface area is 106 Å². The SMILES string of the molecule is CCOCC(C)OCc1ccc(Cl)nc1Cl. The molecule has 0 amide bonds. The summed E-state index contributed by atoms with van der Waals surface area (Å²) in [5.74, 6) is 0. The van der Waals surface area contributed by atoms with E-state index in [2.05, 4.69) is 4.98 Å². The van der Waals surface area contributed by atoms with Crippen molar-refractivity contribution in [2.45, 2.75) is 26.6 Å². The van der Waals surface area contributed by atoms with Crippen molar-refractivity contribution in [2.75, 3.05) is 13.2 Å². The van der Waals surface area contributed by atoms with E-state index in [1.54, 1.807) is 6.07 Å². The fourth-order valence-electron chi connectivity index (χ4n) is 1.11. The average Bonchev–Trinajstić information content (AvgIpc) is 2.25. The Bertz CT molecular complexity index is 334. The smallest absolute Gasteiger partial charge is 0.136 e. The molecular formula is C11H15Cl2NO2. The fraction of sp³-hybridized carbons (Fsp3) is 0.545. The first-order chi connectivity index (χ1) is 7.63. The quantitative estimate of drug-likeness (QED) is 0.738. The van der Waals surface area contributed by atoms with Crippen molar-refractivity contribution in [3.8, 4) is 0 Å². The van der Waals surface area contributed by atoms with Gasteiger partial charge in [0.05, 0.1) is 19.3 Å². The van der Waals surface area contributed by atoms with E-state index in [0.717, 1.165) is 5.56 Å². The molecule has 5 heteroatoms. The first-order valence-electron chi connectivity index (χ1n) is 5.13. The monoisotopic (exact) mass is 263 g/mol. The van der Waals surface area contributed by atoms with Crippen molar-refractivity contribution >= 4 is 23.2 Å². The van der Waals surface area contributed by atoms with Gasteiger partial charge in [0, 0.05) is 12.2 Å². The molecule has 0 saturated heterocycles. The molecule has 16 heavy (non-hydrogen) atoms. The summed E-state index contributed by atoms with van der Waals surface area (Å²) in [5.41, 5.74) is 0.828. The molecule has 0 aliphatic heterocycles. The van der Waals surface area contributed by atoms with Crippen molar-refractivity contribution in [1.82, 2.24) is 4.98 Å². The van der Waals surface area contributed by atoms with E-state index in [-0.39, 0.29) is 6.10 Å². The van der Waals surface area contributed by atoms with Gasteiger partial charge in [0.2, 0.25) is 0 Å². The van der Waals surface area contributed by atoms with Gasteiger partial charge in [0.1, 0.15) is 10.3 Å². The summed E-state index contributed by atoms with van der Waals surface area (Å²) in [4.78, 5) is 3.93. The summed E-state index contributed by atoms with van der Waals surface area (Å²) in [6.45, 7) is 5.59. The van der Waals surface area contributed by atoms with E-state index < -0.39 is 0 Å². The van der Waals surface area contributed by atoms with Crippen molar-refractivity contribution in [2.24, 2.45) is 0 Å². The van der Waals surface area contributed by atoms with Crippen LogP contribution in [-0.2, 0) is 16.1 Å². The lowest BCUT2D eigenvalue weighted by Gasteiger charge is -2.13. The Morgan fingerprint density at radius 2 is 2.12 bits per heavy atom. The van der Waals surface area contributed by atoms with Gasteiger partial charge in [-0.3, -0.25) is 0 Å². The third-order valence-electron chi connectivity index (χ3n) is 1.97. The lowest BCUT2D eigenvalue weighted by atomic mass is 10.3. The maximum Gasteiger partial charge on any atom is 0.136 e. The summed E-state index contributed by atoms with van der Waals surface area (Å²) in [7, 11) is 0. The van der Waals surface area contributed by atoms with Gasteiger partial charge in [-0.15, -0.1) is 0 Å². The van der Waals surface area contributed by atoms with Gasteiger partial charge in [-0.25, -0.2) is 4.98 Å². The molecule has 0 bridgehead atoms. The molecule has 0 spiro atoms. The molecular weight excluding hydrogens is 249 g/mol. The van der Waals surface area contributed by atoms with Crippen LogP contribution in [0.15, 0.2) is 12.1 Å². The van der Waals surface area contributed by atoms with Gasteiger partial charge < -0.3 is 9.47 Å². The minimum atomic E-state index is 0.0340. The van der Waals surface area contributed by atoms with Crippen molar-refractivity contribution in [1.29, 1.82) is 0 Å². The summed E-state index contributed by atoms with van der Waals surface area (Å²) >= 11 is 11.6. The minimum absolute atomic E-state index is 0.0340. The standard InChI is InChI=1S/C11H15Cl2NO2/c1-3-15-6-8(2)16-7-9-4-5-10(12)14-11(9)13/h4-5,8H,3,6-7H2,1-2H3. The lowest BCUT2D eigenvalue weighted by molar-refractivity contribution is -0.0117. The summed E-state index contributed by atoms with van der Waals surface area (Å²) in [6.07, 6.45) is 0.0340. The van der Waals surface area contributed by atoms with Gasteiger partial charge in [0.25, 0.3) is 0 Å². The first-order valence-corrected chi connectivity index (χ1v) is 5.89. The van der Waals surface area contributed by atoms with Crippen LogP contribution in [0, 0.1) is 0 Å². The van der Waals surface area contributed by atoms with Crippen LogP contribution in [0.2, 0.25) is 10.3 Å². The Morgan fingerprint density at radius 3 is 2.75 bits per heavy atom. The zero-order valence-corrected chi connectivity index (χ0v) is 10.9. The van der Waals surface area contributed by atoms with Gasteiger partial charge >= 0.3 is 0 Å². The van der Waals surface area contributed by atoms with E-state index in [9.17, 15) is 0 Å². The third-order valence-corrected chi connectivity index (χ3v) is 2.51. The Hall–Kier alpha value is -0.350. The van der Waals surface area contributed by atoms with Gasteiger partial charge in [-0.05, 0) is 19.9 Å². The minimum Gasteiger partial charge on any atom is -0.379 e. The number of ether oxygens (including phenoxy) is 2. The molecule has 90 valence electrons. The van der Waals surface area contributed by atoms with Crippen LogP contribution in [0.25, 0.3) is 0 Å². The second-order valence-corrected chi connectivity index (χ2v) is 4.11. The molecule has 1 aromatic heterocycles. The number of hydrogen-bond donors (Lipinski definition) is 0. The molecule has 1 unspecified atom stereocenters. The Kier molecular flexibility index (Phi) is 6.06. The topological polar surface area (TPSA) is 31.4 Å². The van der Waals surface area contributed by atoms with E-state index in [1.165, 1.54) is 0 Å². The second kappa shape index (κ2) is 7.07. The molecule has 0 aliphatic carbocycles. The van der Waals surface area contributed by atoms with E-state index in [1.807, 2.05) is 19.9 Å². The van der Waals surface area contributed by atoms with Crippen LogP contribution in [0.5, 0.6) is 0 Å². The zero-order chi connectivity index (χ0) is 12.0. The maximum absolute atomic E-state index is 5.91. The second-order valence-electron chi connectivity index (χ2n) is 3.36. The number of halogens is 2. The number of aromatic nitrogens is 1. The molecule has 3 nitrogen and oxygen atoms in total. The van der Waals surface area contributed by atoms with Gasteiger partial charge in [0.15, 0.2) is 0 Å². The van der Waals surface area contributed by atoms with Crippen LogP contribution in [0.3, 0.4) is 0 Å². The molecule has 0 N–H and O–H groups in total. The highest BCUT2D eigenvalue weighted by atomic mass is 35.5. The predicted octanol–water partition coefficient (Wildman–Crippen LogP) is 3.33. The van der Waals surface area contributed by atoms with Crippen molar-refractivity contribution in [3.05, 3.63) is 28.0 Å². The molecule has 1 rings (SSSR count). The summed E-state index contributed by atoms with van der Waals surface area (Å²) < 4.78 is 10.8. The first kappa shape index (κ1) is 13.7. The molecule has 0 aliphatic rings. The highest BCUT2D eigenvalue weighted by molar-refractivity contribution is 6.32. The van der Waals surface area contributed by atoms with E-state index >= 15 is 0 Å². The van der Waals surface area contributed by atoms with Gasteiger partial charge in [-0.1, -0.05) is 29.3 Å². The number of pyridine rings is 1. The Morgan fingerprint density at radius 1 is 1.38 bits per heavy atom. The normalized spacial score (nSPS) is 12.8. The summed E-state index contributed by atoms with van der Waals surface area (Å²) in [6, 6.07) is 3.50. The Balaban J connectivity index is 2.42. The lowest BCUT2D eigenvalue weighted by Crippen LogP contribution is -2.16. The van der Waals surface area contributed by atoms with Gasteiger partial charge in [-0.2, -0.15) is 0 Å². The van der Waals surface area contributed by atoms with Crippen molar-refractivity contribution < 1.29 is 9.47 Å². The molecule has 0 saturated carbocycles. The summed E-state index contributed by atoms with van der Waals surface area (Å²) in [5, 5.41) is 0.771. The number of nitrogens with zero attached hydrogens (tertiary/aromatic N) is 1. The zero-order valence-electron chi connectivity index (χ0n) is 9.37. The van der Waals surface area contributed by atoms with Crippen LogP contribution >= 0.6 is 23.2 Å². The molecule has 0 aromatic carbocycles. The largest absolute Gasteiger partial charge is 0.379 e. The third kappa shape index (κ3) is 4.66. The maximum atomic E-state index is 5.91. The molecule has 1 heterocycles. The predicted molar refractivity (Wildman–Crippen MR) is 65.0 cm³/mol. The molecule has 1 aromatic rings. The molecule has 0 radical (unpaired) electrons. The van der Waals surface area contributed by atoms with Crippen LogP contribution in [0.1, 0.15) is 19.4 Å². The average molecular weight is 264 g/mol. The molecule has 0 fully saturated rings. The number of rotatable bonds is 6. The van der Waals surface area contributed by atoms with Crippen LogP contribution in [-0.4, -0.2) is 24.3 Å². The molecule has 1 atom stereocenters. The van der Waals surface area contributed by atoms with E-state index in [0.29, 0.717) is 30.1 Å². The fourth-order valence-corrected chi connectivity index (χ4v) is 1.51. The van der Waals surface area contributed by atoms with Crippen molar-refractivity contribution in [3.63, 3.8) is 0 Å². The highest BCUT2D eigenvalue weighted by Crippen LogP contribution is 2.17. The van der Waals surface area contributed by atoms with E-state index in [4.69, 9.17) is 32.7 Å². The number of hydrogen-bond acceptors (Lipinski definition) is 3. The van der Waals surface area contributed by atoms with Crippen LogP contribution in [0.4, 0.5) is 0 Å².